The van der Waals surface area contributed by atoms with Crippen LogP contribution < -0.4 is 0 Å². The van der Waals surface area contributed by atoms with Gasteiger partial charge >= 0.3 is 0 Å². The van der Waals surface area contributed by atoms with Crippen LogP contribution in [0.25, 0.3) is 0 Å². The highest BCUT2D eigenvalue weighted by atomic mass is 35.5. The number of likely N-dealkylation sites (N-methyl/N-ethyl adjacent to an activating group) is 1. The Bertz CT molecular complexity index is 366. The highest BCUT2D eigenvalue weighted by Gasteiger charge is 2.40. The van der Waals surface area contributed by atoms with E-state index in [0.29, 0.717) is 11.6 Å². The maximum Gasteiger partial charge on any atom is 0.121 e. The maximum atomic E-state index is 10.5. The second-order valence-corrected chi connectivity index (χ2v) is 4.58. The Morgan fingerprint density at radius 1 is 1.67 bits per heavy atom. The Labute approximate surface area is 94.4 Å². The molecule has 0 saturated carbocycles. The molecule has 1 aliphatic heterocycles. The van der Waals surface area contributed by atoms with Gasteiger partial charge in [-0.25, -0.2) is 0 Å². The zero-order valence-corrected chi connectivity index (χ0v) is 9.83. The van der Waals surface area contributed by atoms with Crippen molar-refractivity contribution >= 4 is 11.6 Å². The molecule has 2 rings (SSSR count). The van der Waals surface area contributed by atoms with Crippen LogP contribution in [-0.4, -0.2) is 39.9 Å². The highest BCUT2D eigenvalue weighted by molar-refractivity contribution is 6.31. The van der Waals surface area contributed by atoms with Gasteiger partial charge in [-0.1, -0.05) is 11.6 Å². The molecule has 1 atom stereocenters. The summed E-state index contributed by atoms with van der Waals surface area (Å²) in [6, 6.07) is 0. The molecule has 2 heterocycles. The molecule has 15 heavy (non-hydrogen) atoms. The van der Waals surface area contributed by atoms with Crippen LogP contribution >= 0.6 is 11.6 Å². The van der Waals surface area contributed by atoms with Crippen molar-refractivity contribution in [3.8, 4) is 0 Å². The number of rotatable bonds is 2. The molecule has 0 aromatic carbocycles. The number of hydrogen-bond acceptors (Lipinski definition) is 3. The van der Waals surface area contributed by atoms with Gasteiger partial charge in [0.15, 0.2) is 0 Å². The molecule has 1 aliphatic rings. The normalized spacial score (nSPS) is 27.5. The Morgan fingerprint density at radius 3 is 2.93 bits per heavy atom. The molecule has 1 aromatic heterocycles. The van der Waals surface area contributed by atoms with E-state index in [2.05, 4.69) is 10.00 Å². The number of β-amino-alcohol motifs (C(OH)–C–C–N with tert-alkyl or cyclic N) is 1. The molecule has 1 aromatic rings. The minimum absolute atomic E-state index is 0.564. The van der Waals surface area contributed by atoms with Gasteiger partial charge in [-0.05, 0) is 20.4 Å². The second kappa shape index (κ2) is 3.77. The third kappa shape index (κ3) is 1.77. The van der Waals surface area contributed by atoms with Crippen molar-refractivity contribution in [2.75, 3.05) is 20.1 Å². The Hall–Kier alpha value is -0.580. The lowest BCUT2D eigenvalue weighted by molar-refractivity contribution is 0.0398. The van der Waals surface area contributed by atoms with Crippen LogP contribution in [0.15, 0.2) is 6.20 Å². The fourth-order valence-corrected chi connectivity index (χ4v) is 2.56. The lowest BCUT2D eigenvalue weighted by atomic mass is 9.99. The van der Waals surface area contributed by atoms with Gasteiger partial charge in [0.1, 0.15) is 5.60 Å². The first kappa shape index (κ1) is 10.9. The van der Waals surface area contributed by atoms with Crippen molar-refractivity contribution in [1.29, 1.82) is 0 Å². The van der Waals surface area contributed by atoms with E-state index in [0.717, 1.165) is 25.2 Å². The van der Waals surface area contributed by atoms with Crippen molar-refractivity contribution in [1.82, 2.24) is 14.7 Å². The van der Waals surface area contributed by atoms with Crippen LogP contribution in [0.4, 0.5) is 0 Å². The Balaban J connectivity index is 2.39. The molecule has 0 bridgehead atoms. The molecule has 0 spiro atoms. The van der Waals surface area contributed by atoms with Gasteiger partial charge in [-0.3, -0.25) is 4.68 Å². The summed E-state index contributed by atoms with van der Waals surface area (Å²) in [6.45, 7) is 4.24. The third-order valence-electron chi connectivity index (χ3n) is 2.97. The van der Waals surface area contributed by atoms with E-state index in [1.54, 1.807) is 10.9 Å². The van der Waals surface area contributed by atoms with E-state index >= 15 is 0 Å². The zero-order valence-electron chi connectivity index (χ0n) is 9.07. The quantitative estimate of drug-likeness (QED) is 0.825. The fraction of sp³-hybridized carbons (Fsp3) is 0.700. The molecule has 0 radical (unpaired) electrons. The summed E-state index contributed by atoms with van der Waals surface area (Å²) < 4.78 is 1.78. The minimum Gasteiger partial charge on any atom is -0.382 e. The number of aryl methyl sites for hydroxylation is 1. The summed E-state index contributed by atoms with van der Waals surface area (Å²) in [5.74, 6) is 0. The first-order valence-corrected chi connectivity index (χ1v) is 5.57. The van der Waals surface area contributed by atoms with Crippen LogP contribution in [0.3, 0.4) is 0 Å². The second-order valence-electron chi connectivity index (χ2n) is 4.18. The molecule has 1 N–H and O–H groups in total. The van der Waals surface area contributed by atoms with Crippen molar-refractivity contribution in [3.05, 3.63) is 16.9 Å². The van der Waals surface area contributed by atoms with Crippen molar-refractivity contribution < 1.29 is 5.11 Å². The van der Waals surface area contributed by atoms with Gasteiger partial charge in [0, 0.05) is 19.6 Å². The molecular formula is C10H16ClN3O. The molecule has 1 saturated heterocycles. The van der Waals surface area contributed by atoms with E-state index in [1.807, 2.05) is 14.0 Å². The van der Waals surface area contributed by atoms with Crippen LogP contribution in [0.1, 0.15) is 19.0 Å². The van der Waals surface area contributed by atoms with Gasteiger partial charge in [0.2, 0.25) is 0 Å². The third-order valence-corrected chi connectivity index (χ3v) is 3.25. The number of aliphatic hydroxyl groups is 1. The van der Waals surface area contributed by atoms with E-state index in [1.165, 1.54) is 0 Å². The zero-order chi connectivity index (χ0) is 11.1. The predicted molar refractivity (Wildman–Crippen MR) is 58.9 cm³/mol. The Morgan fingerprint density at radius 2 is 2.40 bits per heavy atom. The topological polar surface area (TPSA) is 41.3 Å². The van der Waals surface area contributed by atoms with Crippen molar-refractivity contribution in [2.45, 2.75) is 25.5 Å². The number of aromatic nitrogens is 2. The first-order chi connectivity index (χ1) is 7.07. The average Bonchev–Trinajstić information content (AvgIpc) is 2.71. The summed E-state index contributed by atoms with van der Waals surface area (Å²) in [7, 11) is 2.00. The molecule has 1 unspecified atom stereocenters. The summed E-state index contributed by atoms with van der Waals surface area (Å²) in [4.78, 5) is 2.10. The summed E-state index contributed by atoms with van der Waals surface area (Å²) in [5, 5.41) is 15.2. The van der Waals surface area contributed by atoms with Gasteiger partial charge in [0.05, 0.1) is 16.9 Å². The molecular weight excluding hydrogens is 214 g/mol. The number of hydrogen-bond donors (Lipinski definition) is 1. The van der Waals surface area contributed by atoms with Crippen LogP contribution in [-0.2, 0) is 12.1 Å². The van der Waals surface area contributed by atoms with Crippen LogP contribution in [0.5, 0.6) is 0 Å². The summed E-state index contributed by atoms with van der Waals surface area (Å²) >= 11 is 6.08. The van der Waals surface area contributed by atoms with Gasteiger partial charge in [-0.15, -0.1) is 0 Å². The molecule has 0 aliphatic carbocycles. The molecule has 5 heteroatoms. The lowest BCUT2D eigenvalue weighted by Gasteiger charge is -2.23. The number of nitrogens with zero attached hydrogens (tertiary/aromatic N) is 3. The maximum absolute atomic E-state index is 10.5. The van der Waals surface area contributed by atoms with Gasteiger partial charge in [-0.2, -0.15) is 5.10 Å². The molecule has 84 valence electrons. The standard InChI is InChI=1S/C10H16ClN3O/c1-3-14-9(8(11)6-12-14)10(15)4-5-13(2)7-10/h6,15H,3-5,7H2,1-2H3. The molecule has 0 amide bonds. The largest absolute Gasteiger partial charge is 0.382 e. The van der Waals surface area contributed by atoms with Crippen molar-refractivity contribution in [3.63, 3.8) is 0 Å². The monoisotopic (exact) mass is 229 g/mol. The number of likely N-dealkylation sites (tertiary alicyclic amines) is 1. The van der Waals surface area contributed by atoms with E-state index in [9.17, 15) is 5.11 Å². The van der Waals surface area contributed by atoms with Gasteiger partial charge < -0.3 is 10.0 Å². The van der Waals surface area contributed by atoms with Crippen LogP contribution in [0, 0.1) is 0 Å². The van der Waals surface area contributed by atoms with Gasteiger partial charge in [0.25, 0.3) is 0 Å². The first-order valence-electron chi connectivity index (χ1n) is 5.19. The fourth-order valence-electron chi connectivity index (χ4n) is 2.24. The molecule has 1 fully saturated rings. The smallest absolute Gasteiger partial charge is 0.121 e. The minimum atomic E-state index is -0.835. The highest BCUT2D eigenvalue weighted by Crippen LogP contribution is 2.35. The lowest BCUT2D eigenvalue weighted by Crippen LogP contribution is -2.32. The van der Waals surface area contributed by atoms with E-state index in [-0.39, 0.29) is 0 Å². The summed E-state index contributed by atoms with van der Waals surface area (Å²) in [6.07, 6.45) is 2.32. The molecule has 4 nitrogen and oxygen atoms in total. The predicted octanol–water partition coefficient (Wildman–Crippen LogP) is 1.08. The van der Waals surface area contributed by atoms with Crippen LogP contribution in [0.2, 0.25) is 5.02 Å². The summed E-state index contributed by atoms with van der Waals surface area (Å²) in [5.41, 5.74) is -0.0748. The SMILES string of the molecule is CCn1ncc(Cl)c1C1(O)CCN(C)C1. The number of halogens is 1. The van der Waals surface area contributed by atoms with Crippen molar-refractivity contribution in [2.24, 2.45) is 0 Å². The van der Waals surface area contributed by atoms with E-state index < -0.39 is 5.60 Å². The Kier molecular flexibility index (Phi) is 2.75. The van der Waals surface area contributed by atoms with E-state index in [4.69, 9.17) is 11.6 Å². The average molecular weight is 230 g/mol.